The first-order chi connectivity index (χ1) is 13.4. The number of hydrogen-bond acceptors (Lipinski definition) is 6. The molecular formula is C19H12N4O5. The SMILES string of the molecule is O=C(N=Nc1c(O)[nH]c2ccc([N+](=O)[O-])cc12)c1cc2ccccc2cc1O. The number of carbonyl (C=O) groups is 1. The smallest absolute Gasteiger partial charge is 0.299 e. The Morgan fingerprint density at radius 2 is 1.75 bits per heavy atom. The highest BCUT2D eigenvalue weighted by Crippen LogP contribution is 2.37. The molecule has 1 amide bonds. The third kappa shape index (κ3) is 2.90. The van der Waals surface area contributed by atoms with Gasteiger partial charge in [0.25, 0.3) is 11.6 Å². The molecule has 0 unspecified atom stereocenters. The summed E-state index contributed by atoms with van der Waals surface area (Å²) in [6, 6.07) is 14.0. The summed E-state index contributed by atoms with van der Waals surface area (Å²) in [4.78, 5) is 25.4. The van der Waals surface area contributed by atoms with Gasteiger partial charge in [-0.3, -0.25) is 14.9 Å². The minimum absolute atomic E-state index is 0.0484. The molecule has 4 aromatic rings. The fraction of sp³-hybridized carbons (Fsp3) is 0. The van der Waals surface area contributed by atoms with E-state index in [1.165, 1.54) is 30.3 Å². The number of aromatic amines is 1. The second kappa shape index (κ2) is 6.47. The van der Waals surface area contributed by atoms with E-state index in [1.807, 2.05) is 6.07 Å². The van der Waals surface area contributed by atoms with Gasteiger partial charge in [0.15, 0.2) is 5.69 Å². The van der Waals surface area contributed by atoms with Crippen LogP contribution in [0, 0.1) is 10.1 Å². The van der Waals surface area contributed by atoms with Crippen LogP contribution < -0.4 is 0 Å². The number of azo groups is 1. The summed E-state index contributed by atoms with van der Waals surface area (Å²) < 4.78 is 0. The molecule has 0 bridgehead atoms. The number of amides is 1. The summed E-state index contributed by atoms with van der Waals surface area (Å²) in [5.74, 6) is -1.45. The summed E-state index contributed by atoms with van der Waals surface area (Å²) in [6.07, 6.45) is 0. The first kappa shape index (κ1) is 17.2. The predicted octanol–water partition coefficient (Wildman–Crippen LogP) is 4.56. The van der Waals surface area contributed by atoms with E-state index in [9.17, 15) is 25.1 Å². The third-order valence-electron chi connectivity index (χ3n) is 4.28. The minimum Gasteiger partial charge on any atom is -0.507 e. The Bertz CT molecular complexity index is 1290. The molecule has 0 saturated heterocycles. The van der Waals surface area contributed by atoms with Crippen molar-refractivity contribution in [1.82, 2.24) is 4.98 Å². The lowest BCUT2D eigenvalue weighted by Crippen LogP contribution is -1.94. The van der Waals surface area contributed by atoms with Gasteiger partial charge in [-0.15, -0.1) is 10.2 Å². The maximum atomic E-state index is 12.4. The fourth-order valence-corrected chi connectivity index (χ4v) is 2.92. The number of aromatic nitrogens is 1. The Labute approximate surface area is 156 Å². The maximum Gasteiger partial charge on any atom is 0.299 e. The van der Waals surface area contributed by atoms with Gasteiger partial charge in [0.05, 0.1) is 16.0 Å². The quantitative estimate of drug-likeness (QED) is 0.273. The molecule has 1 heterocycles. The van der Waals surface area contributed by atoms with Crippen molar-refractivity contribution in [2.24, 2.45) is 10.2 Å². The van der Waals surface area contributed by atoms with Crippen LogP contribution >= 0.6 is 0 Å². The third-order valence-corrected chi connectivity index (χ3v) is 4.28. The number of phenols is 1. The van der Waals surface area contributed by atoms with Crippen molar-refractivity contribution in [3.8, 4) is 11.6 Å². The Balaban J connectivity index is 1.74. The number of nitrogens with one attached hydrogen (secondary N) is 1. The molecule has 28 heavy (non-hydrogen) atoms. The zero-order chi connectivity index (χ0) is 19.8. The van der Waals surface area contributed by atoms with Crippen LogP contribution in [-0.4, -0.2) is 26.0 Å². The second-order valence-electron chi connectivity index (χ2n) is 6.03. The van der Waals surface area contributed by atoms with E-state index in [4.69, 9.17) is 0 Å². The highest BCUT2D eigenvalue weighted by molar-refractivity contribution is 6.02. The van der Waals surface area contributed by atoms with Gasteiger partial charge in [0.1, 0.15) is 5.75 Å². The van der Waals surface area contributed by atoms with E-state index in [0.29, 0.717) is 5.52 Å². The summed E-state index contributed by atoms with van der Waals surface area (Å²) in [7, 11) is 0. The van der Waals surface area contributed by atoms with Crippen LogP contribution in [0.5, 0.6) is 11.6 Å². The van der Waals surface area contributed by atoms with Crippen LogP contribution in [0.3, 0.4) is 0 Å². The van der Waals surface area contributed by atoms with Crippen LogP contribution in [0.15, 0.2) is 64.8 Å². The number of rotatable bonds is 3. The van der Waals surface area contributed by atoms with Crippen LogP contribution in [-0.2, 0) is 0 Å². The van der Waals surface area contributed by atoms with E-state index >= 15 is 0 Å². The molecule has 9 heteroatoms. The monoisotopic (exact) mass is 376 g/mol. The molecular weight excluding hydrogens is 364 g/mol. The van der Waals surface area contributed by atoms with Crippen LogP contribution in [0.1, 0.15) is 10.4 Å². The van der Waals surface area contributed by atoms with Gasteiger partial charge in [-0.05, 0) is 29.0 Å². The zero-order valence-corrected chi connectivity index (χ0v) is 14.2. The number of aromatic hydroxyl groups is 2. The van der Waals surface area contributed by atoms with Gasteiger partial charge in [-0.1, -0.05) is 24.3 Å². The summed E-state index contributed by atoms with van der Waals surface area (Å²) in [5.41, 5.74) is 0.0552. The van der Waals surface area contributed by atoms with E-state index in [-0.39, 0.29) is 34.0 Å². The molecule has 1 aromatic heterocycles. The van der Waals surface area contributed by atoms with Crippen molar-refractivity contribution >= 4 is 39.0 Å². The number of H-pyrrole nitrogens is 1. The van der Waals surface area contributed by atoms with Gasteiger partial charge < -0.3 is 15.2 Å². The lowest BCUT2D eigenvalue weighted by Gasteiger charge is -2.03. The molecule has 0 fully saturated rings. The van der Waals surface area contributed by atoms with Crippen molar-refractivity contribution < 1.29 is 19.9 Å². The van der Waals surface area contributed by atoms with E-state index in [1.54, 1.807) is 18.2 Å². The fourth-order valence-electron chi connectivity index (χ4n) is 2.92. The minimum atomic E-state index is -0.817. The van der Waals surface area contributed by atoms with Gasteiger partial charge in [0.2, 0.25) is 5.88 Å². The number of nitrogens with zero attached hydrogens (tertiary/aromatic N) is 3. The molecule has 0 atom stereocenters. The number of nitro groups is 1. The number of non-ortho nitro benzene ring substituents is 1. The second-order valence-corrected chi connectivity index (χ2v) is 6.03. The van der Waals surface area contributed by atoms with Gasteiger partial charge in [-0.2, -0.15) is 0 Å². The van der Waals surface area contributed by atoms with E-state index < -0.39 is 10.8 Å². The average Bonchev–Trinajstić information content (AvgIpc) is 2.99. The topological polar surface area (TPSA) is 141 Å². The molecule has 0 saturated carbocycles. The number of carbonyl (C=O) groups excluding carboxylic acids is 1. The molecule has 0 radical (unpaired) electrons. The van der Waals surface area contributed by atoms with Crippen molar-refractivity contribution in [3.63, 3.8) is 0 Å². The number of phenolic OH excluding ortho intramolecular Hbond substituents is 1. The van der Waals surface area contributed by atoms with Crippen LogP contribution in [0.2, 0.25) is 0 Å². The molecule has 3 aromatic carbocycles. The summed E-state index contributed by atoms with van der Waals surface area (Å²) >= 11 is 0. The molecule has 3 N–H and O–H groups in total. The maximum absolute atomic E-state index is 12.4. The number of nitro benzene ring substituents is 1. The summed E-state index contributed by atoms with van der Waals surface area (Å²) in [5, 5.41) is 40.1. The largest absolute Gasteiger partial charge is 0.507 e. The standard InChI is InChI=1S/C19H12N4O5/c24-16-8-11-4-2-1-3-10(11)7-14(16)18(25)22-21-17-13-9-12(23(27)28)5-6-15(13)20-19(17)26/h1-9,20,24,26H. The van der Waals surface area contributed by atoms with Crippen molar-refractivity contribution in [2.75, 3.05) is 0 Å². The molecule has 0 aliphatic heterocycles. The number of benzene rings is 3. The first-order valence-corrected chi connectivity index (χ1v) is 8.11. The van der Waals surface area contributed by atoms with Crippen molar-refractivity contribution in [2.45, 2.75) is 0 Å². The number of hydrogen-bond donors (Lipinski definition) is 3. The Morgan fingerprint density at radius 3 is 2.46 bits per heavy atom. The first-order valence-electron chi connectivity index (χ1n) is 8.11. The Hall–Kier alpha value is -4.27. The summed E-state index contributed by atoms with van der Waals surface area (Å²) in [6.45, 7) is 0. The Kier molecular flexibility index (Phi) is 3.96. The molecule has 138 valence electrons. The zero-order valence-electron chi connectivity index (χ0n) is 14.2. The molecule has 0 aliphatic carbocycles. The van der Waals surface area contributed by atoms with E-state index in [0.717, 1.165) is 10.8 Å². The predicted molar refractivity (Wildman–Crippen MR) is 101 cm³/mol. The Morgan fingerprint density at radius 1 is 1.04 bits per heavy atom. The van der Waals surface area contributed by atoms with Gasteiger partial charge in [0, 0.05) is 17.5 Å². The highest BCUT2D eigenvalue weighted by Gasteiger charge is 2.17. The molecule has 9 nitrogen and oxygen atoms in total. The van der Waals surface area contributed by atoms with Gasteiger partial charge in [-0.25, -0.2) is 0 Å². The molecule has 0 aliphatic rings. The molecule has 4 rings (SSSR count). The van der Waals surface area contributed by atoms with E-state index in [2.05, 4.69) is 15.2 Å². The van der Waals surface area contributed by atoms with Crippen molar-refractivity contribution in [3.05, 3.63) is 70.3 Å². The van der Waals surface area contributed by atoms with Gasteiger partial charge >= 0.3 is 0 Å². The number of fused-ring (bicyclic) bond motifs is 2. The molecule has 0 spiro atoms. The van der Waals surface area contributed by atoms with Crippen LogP contribution in [0.25, 0.3) is 21.7 Å². The normalized spacial score (nSPS) is 11.4. The lowest BCUT2D eigenvalue weighted by atomic mass is 10.1. The average molecular weight is 376 g/mol. The lowest BCUT2D eigenvalue weighted by molar-refractivity contribution is -0.384. The highest BCUT2D eigenvalue weighted by atomic mass is 16.6. The van der Waals surface area contributed by atoms with Crippen molar-refractivity contribution in [1.29, 1.82) is 0 Å². The van der Waals surface area contributed by atoms with Crippen LogP contribution in [0.4, 0.5) is 11.4 Å².